The molecule has 0 fully saturated rings. The molecule has 4 atom stereocenters. The van der Waals surface area contributed by atoms with E-state index in [2.05, 4.69) is 11.3 Å². The smallest absolute Gasteiger partial charge is 0.475 e. The molecular formula is C18H25O10P. The Morgan fingerprint density at radius 2 is 2.00 bits per heavy atom. The molecule has 2 rings (SSSR count). The second-order valence-electron chi connectivity index (χ2n) is 7.34. The van der Waals surface area contributed by atoms with E-state index in [1.54, 1.807) is 13.0 Å². The van der Waals surface area contributed by atoms with E-state index in [1.807, 2.05) is 13.8 Å². The highest BCUT2D eigenvalue weighted by atomic mass is 31.2. The predicted molar refractivity (Wildman–Crippen MR) is 99.9 cm³/mol. The van der Waals surface area contributed by atoms with Gasteiger partial charge >= 0.3 is 13.8 Å². The van der Waals surface area contributed by atoms with Crippen LogP contribution in [0.2, 0.25) is 0 Å². The first kappa shape index (κ1) is 23.3. The van der Waals surface area contributed by atoms with Gasteiger partial charge in [-0.05, 0) is 29.9 Å². The number of aliphatic hydroxyl groups is 3. The number of rotatable bonds is 8. The lowest BCUT2D eigenvalue weighted by Gasteiger charge is -2.37. The van der Waals surface area contributed by atoms with Gasteiger partial charge in [0, 0.05) is 7.11 Å². The van der Waals surface area contributed by atoms with Crippen LogP contribution in [0.15, 0.2) is 35.3 Å². The Balaban J connectivity index is 2.10. The molecule has 0 radical (unpaired) electrons. The molecule has 0 aromatic rings. The molecule has 0 amide bonds. The molecule has 3 N–H and O–H groups in total. The van der Waals surface area contributed by atoms with E-state index >= 15 is 0 Å². The van der Waals surface area contributed by atoms with Crippen molar-refractivity contribution in [2.24, 2.45) is 5.41 Å². The summed E-state index contributed by atoms with van der Waals surface area (Å²) in [5, 5.41) is 28.9. The molecule has 0 aromatic carbocycles. The Hall–Kier alpha value is -1.97. The number of carbonyl (C=O) groups excluding carboxylic acids is 2. The predicted octanol–water partition coefficient (Wildman–Crippen LogP) is 2.26. The Bertz CT molecular complexity index is 824. The summed E-state index contributed by atoms with van der Waals surface area (Å²) in [6.45, 7) is 8.37. The van der Waals surface area contributed by atoms with Crippen molar-refractivity contribution in [3.05, 3.63) is 35.3 Å². The maximum Gasteiger partial charge on any atom is 0.475 e. The molecule has 0 spiro atoms. The number of phosphoric ester groups is 1. The number of hydrogen-bond donors (Lipinski definition) is 3. The Morgan fingerprint density at radius 3 is 2.48 bits per heavy atom. The van der Waals surface area contributed by atoms with Gasteiger partial charge in [0.25, 0.3) is 0 Å². The molecule has 1 heterocycles. The first-order valence-corrected chi connectivity index (χ1v) is 10.2. The number of ether oxygens (including phenoxy) is 1. The number of cyclic esters (lactones) is 1. The first-order valence-electron chi connectivity index (χ1n) is 8.74. The van der Waals surface area contributed by atoms with E-state index in [4.69, 9.17) is 13.6 Å². The third-order valence-electron chi connectivity index (χ3n) is 4.87. The van der Waals surface area contributed by atoms with E-state index < -0.39 is 61.4 Å². The molecule has 1 aliphatic carbocycles. The summed E-state index contributed by atoms with van der Waals surface area (Å²) in [4.78, 5) is 23.8. The van der Waals surface area contributed by atoms with Gasteiger partial charge in [-0.1, -0.05) is 26.5 Å². The number of Topliss-reactive ketones (excluding diaryl/α,β-unsaturated/α-hetero) is 1. The molecule has 29 heavy (non-hydrogen) atoms. The zero-order valence-corrected chi connectivity index (χ0v) is 17.5. The fourth-order valence-electron chi connectivity index (χ4n) is 3.33. The summed E-state index contributed by atoms with van der Waals surface area (Å²) >= 11 is 0. The normalized spacial score (nSPS) is 27.6. The summed E-state index contributed by atoms with van der Waals surface area (Å²) in [6.07, 6.45) is -2.59. The lowest BCUT2D eigenvalue weighted by molar-refractivity contribution is -0.147. The molecule has 1 aliphatic heterocycles. The topological polar surface area (TPSA) is 149 Å². The first-order chi connectivity index (χ1) is 13.4. The molecule has 0 saturated heterocycles. The summed E-state index contributed by atoms with van der Waals surface area (Å²) in [7, 11) is -3.25. The second-order valence-corrected chi connectivity index (χ2v) is 9.07. The Kier molecular flexibility index (Phi) is 6.76. The van der Waals surface area contributed by atoms with Crippen LogP contribution in [0.5, 0.6) is 0 Å². The van der Waals surface area contributed by atoms with Crippen molar-refractivity contribution >= 4 is 19.6 Å². The lowest BCUT2D eigenvalue weighted by atomic mass is 9.71. The van der Waals surface area contributed by atoms with E-state index in [0.29, 0.717) is 5.57 Å². The molecule has 3 unspecified atom stereocenters. The lowest BCUT2D eigenvalue weighted by Crippen LogP contribution is -2.37. The van der Waals surface area contributed by atoms with Crippen LogP contribution in [0, 0.1) is 5.41 Å². The number of phosphoric acid groups is 1. The Morgan fingerprint density at radius 1 is 1.38 bits per heavy atom. The fourth-order valence-corrected chi connectivity index (χ4v) is 4.40. The average Bonchev–Trinajstić information content (AvgIpc) is 2.91. The van der Waals surface area contributed by atoms with Crippen molar-refractivity contribution < 1.29 is 47.8 Å². The van der Waals surface area contributed by atoms with Gasteiger partial charge in [-0.15, -0.1) is 0 Å². The summed E-state index contributed by atoms with van der Waals surface area (Å²) < 4.78 is 32.6. The van der Waals surface area contributed by atoms with Crippen LogP contribution in [0.3, 0.4) is 0 Å². The van der Waals surface area contributed by atoms with Gasteiger partial charge in [0.15, 0.2) is 17.6 Å². The fraction of sp³-hybridized carbons (Fsp3) is 0.556. The van der Waals surface area contributed by atoms with Crippen molar-refractivity contribution in [1.29, 1.82) is 0 Å². The van der Waals surface area contributed by atoms with Gasteiger partial charge in [-0.2, -0.15) is 0 Å². The van der Waals surface area contributed by atoms with Crippen molar-refractivity contribution in [2.75, 3.05) is 13.7 Å². The van der Waals surface area contributed by atoms with Crippen molar-refractivity contribution in [2.45, 2.75) is 45.5 Å². The van der Waals surface area contributed by atoms with Crippen LogP contribution in [0.1, 0.15) is 27.2 Å². The largest absolute Gasteiger partial charge is 0.505 e. The molecule has 0 saturated carbocycles. The van der Waals surface area contributed by atoms with Crippen molar-refractivity contribution in [3.8, 4) is 0 Å². The van der Waals surface area contributed by atoms with Crippen molar-refractivity contribution in [1.82, 2.24) is 0 Å². The monoisotopic (exact) mass is 432 g/mol. The van der Waals surface area contributed by atoms with Crippen LogP contribution in [0.4, 0.5) is 0 Å². The van der Waals surface area contributed by atoms with Gasteiger partial charge in [-0.3, -0.25) is 18.4 Å². The average molecular weight is 432 g/mol. The van der Waals surface area contributed by atoms with E-state index in [-0.39, 0.29) is 6.42 Å². The zero-order valence-electron chi connectivity index (χ0n) is 16.6. The van der Waals surface area contributed by atoms with Crippen LogP contribution in [-0.2, 0) is 32.5 Å². The number of hydrogen-bond acceptors (Lipinski definition) is 10. The van der Waals surface area contributed by atoms with Crippen LogP contribution in [0.25, 0.3) is 0 Å². The maximum absolute atomic E-state index is 12.8. The van der Waals surface area contributed by atoms with Crippen LogP contribution < -0.4 is 0 Å². The maximum atomic E-state index is 12.8. The minimum absolute atomic E-state index is 0.196. The highest BCUT2D eigenvalue weighted by Crippen LogP contribution is 2.53. The number of carbonyl (C=O) groups is 2. The minimum Gasteiger partial charge on any atom is -0.505 e. The number of allylic oxidation sites excluding steroid dienone is 2. The zero-order chi connectivity index (χ0) is 22.1. The summed E-state index contributed by atoms with van der Waals surface area (Å²) in [5.74, 6) is -3.51. The molecule has 0 bridgehead atoms. The molecular weight excluding hydrogens is 407 g/mol. The quantitative estimate of drug-likeness (QED) is 0.385. The van der Waals surface area contributed by atoms with Crippen LogP contribution >= 0.6 is 7.82 Å². The number of aliphatic hydroxyl groups excluding tert-OH is 3. The van der Waals surface area contributed by atoms with E-state index in [9.17, 15) is 29.5 Å². The molecule has 162 valence electrons. The number of esters is 1. The standard InChI is InChI=1S/C18H25O10P/c1-6-10-9(2)13(20)12(7-18(10,3)4)28-29(24,25-5)26-8-11(19)16-14(21)15(22)17(23)27-16/h6,11-12,16,19,21-22H,1,7-8H2,2-5H3/t11?,12?,16-,29?/m1/s1. The number of ketones is 1. The SMILES string of the molecule is C=CC1=C(C)C(=O)C(OP(=O)(OC)OCC(O)[C@H]2OC(=O)C(O)=C2O)CC1(C)C. The minimum atomic E-state index is -4.29. The van der Waals surface area contributed by atoms with Gasteiger partial charge in [-0.25, -0.2) is 9.36 Å². The van der Waals surface area contributed by atoms with Crippen LogP contribution in [-0.4, -0.2) is 59.1 Å². The Labute approximate surface area is 168 Å². The second kappa shape index (κ2) is 8.41. The molecule has 11 heteroatoms. The van der Waals surface area contributed by atoms with Gasteiger partial charge in [0.05, 0.1) is 6.61 Å². The van der Waals surface area contributed by atoms with Crippen molar-refractivity contribution in [3.63, 3.8) is 0 Å². The molecule has 0 aromatic heterocycles. The van der Waals surface area contributed by atoms with Gasteiger partial charge < -0.3 is 20.1 Å². The molecule has 10 nitrogen and oxygen atoms in total. The van der Waals surface area contributed by atoms with Gasteiger partial charge in [0.1, 0.15) is 12.2 Å². The summed E-state index contributed by atoms with van der Waals surface area (Å²) in [5.41, 5.74) is 0.706. The third-order valence-corrected chi connectivity index (χ3v) is 6.29. The highest BCUT2D eigenvalue weighted by molar-refractivity contribution is 7.48. The van der Waals surface area contributed by atoms with Gasteiger partial charge in [0.2, 0.25) is 5.76 Å². The molecule has 2 aliphatic rings. The summed E-state index contributed by atoms with van der Waals surface area (Å²) in [6, 6.07) is 0. The third kappa shape index (κ3) is 4.62. The van der Waals surface area contributed by atoms with E-state index in [0.717, 1.165) is 12.7 Å². The highest BCUT2D eigenvalue weighted by Gasteiger charge is 2.44. The van der Waals surface area contributed by atoms with E-state index in [1.165, 1.54) is 0 Å².